The minimum absolute atomic E-state index is 0.453. The van der Waals surface area contributed by atoms with Gasteiger partial charge in [-0.05, 0) is 42.3 Å². The molecule has 0 aliphatic carbocycles. The van der Waals surface area contributed by atoms with Crippen molar-refractivity contribution in [3.05, 3.63) is 53.1 Å². The van der Waals surface area contributed by atoms with Crippen LogP contribution in [0.25, 0.3) is 22.8 Å². The molecule has 0 fully saturated rings. The zero-order valence-electron chi connectivity index (χ0n) is 12.3. The van der Waals surface area contributed by atoms with Gasteiger partial charge in [-0.25, -0.2) is 0 Å². The molecule has 112 valence electrons. The zero-order chi connectivity index (χ0) is 15.5. The fourth-order valence-electron chi connectivity index (χ4n) is 2.19. The average Bonchev–Trinajstić information content (AvgIpc) is 3.04. The highest BCUT2D eigenvalue weighted by atomic mass is 35.5. The third-order valence-corrected chi connectivity index (χ3v) is 3.67. The fraction of sp³-hybridized carbons (Fsp3) is 0.176. The Balaban J connectivity index is 1.98. The van der Waals surface area contributed by atoms with Crippen LogP contribution in [0.3, 0.4) is 0 Å². The van der Waals surface area contributed by atoms with Crippen LogP contribution < -0.4 is 4.74 Å². The summed E-state index contributed by atoms with van der Waals surface area (Å²) in [6.45, 7) is 2.12. The predicted molar refractivity (Wildman–Crippen MR) is 86.1 cm³/mol. The molecule has 1 heterocycles. The second-order valence-corrected chi connectivity index (χ2v) is 5.25. The van der Waals surface area contributed by atoms with Crippen molar-refractivity contribution in [3.8, 4) is 28.6 Å². The third kappa shape index (κ3) is 2.83. The molecule has 0 aliphatic heterocycles. The Labute approximate surface area is 133 Å². The van der Waals surface area contributed by atoms with Gasteiger partial charge in [-0.3, -0.25) is 0 Å². The van der Waals surface area contributed by atoms with Crippen LogP contribution >= 0.6 is 11.6 Å². The van der Waals surface area contributed by atoms with Crippen molar-refractivity contribution in [3.63, 3.8) is 0 Å². The van der Waals surface area contributed by atoms with Crippen LogP contribution in [0.1, 0.15) is 12.5 Å². The van der Waals surface area contributed by atoms with Gasteiger partial charge in [0.05, 0.1) is 12.7 Å². The highest BCUT2D eigenvalue weighted by Crippen LogP contribution is 2.32. The summed E-state index contributed by atoms with van der Waals surface area (Å²) in [5.74, 6) is 1.58. The van der Waals surface area contributed by atoms with Gasteiger partial charge in [-0.1, -0.05) is 35.8 Å². The maximum absolute atomic E-state index is 6.04. The van der Waals surface area contributed by atoms with E-state index < -0.39 is 0 Å². The molecule has 0 spiro atoms. The summed E-state index contributed by atoms with van der Waals surface area (Å²) in [4.78, 5) is 4.44. The molecule has 5 heteroatoms. The average molecular weight is 315 g/mol. The normalized spacial score (nSPS) is 10.7. The first-order valence-corrected chi connectivity index (χ1v) is 7.36. The number of halogens is 1. The lowest BCUT2D eigenvalue weighted by molar-refractivity contribution is 0.413. The molecule has 1 aromatic heterocycles. The van der Waals surface area contributed by atoms with Crippen LogP contribution in [0.4, 0.5) is 0 Å². The van der Waals surface area contributed by atoms with E-state index >= 15 is 0 Å². The number of hydrogen-bond acceptors (Lipinski definition) is 4. The molecule has 0 N–H and O–H groups in total. The minimum Gasteiger partial charge on any atom is -0.496 e. The van der Waals surface area contributed by atoms with E-state index in [9.17, 15) is 0 Å². The first kappa shape index (κ1) is 14.6. The van der Waals surface area contributed by atoms with Gasteiger partial charge in [0.1, 0.15) is 5.75 Å². The summed E-state index contributed by atoms with van der Waals surface area (Å²) in [6.07, 6.45) is 0.995. The molecule has 3 rings (SSSR count). The Morgan fingerprint density at radius 1 is 1.14 bits per heavy atom. The largest absolute Gasteiger partial charge is 0.496 e. The highest BCUT2D eigenvalue weighted by Gasteiger charge is 2.15. The van der Waals surface area contributed by atoms with Crippen molar-refractivity contribution in [2.75, 3.05) is 7.11 Å². The number of aryl methyl sites for hydroxylation is 1. The number of ether oxygens (including phenoxy) is 1. The molecular formula is C17H15ClN2O2. The van der Waals surface area contributed by atoms with E-state index in [2.05, 4.69) is 29.2 Å². The van der Waals surface area contributed by atoms with E-state index in [0.29, 0.717) is 28.1 Å². The molecule has 0 radical (unpaired) electrons. The van der Waals surface area contributed by atoms with E-state index in [4.69, 9.17) is 20.9 Å². The Kier molecular flexibility index (Phi) is 4.11. The van der Waals surface area contributed by atoms with Gasteiger partial charge in [-0.2, -0.15) is 4.98 Å². The molecule has 2 aromatic carbocycles. The van der Waals surface area contributed by atoms with Crippen LogP contribution in [0.15, 0.2) is 47.0 Å². The molecule has 0 saturated carbocycles. The van der Waals surface area contributed by atoms with Crippen LogP contribution in [-0.4, -0.2) is 17.3 Å². The maximum atomic E-state index is 6.04. The molecule has 3 aromatic rings. The lowest BCUT2D eigenvalue weighted by Crippen LogP contribution is -1.89. The molecule has 0 saturated heterocycles. The van der Waals surface area contributed by atoms with Gasteiger partial charge in [-0.15, -0.1) is 0 Å². The first-order chi connectivity index (χ1) is 10.7. The van der Waals surface area contributed by atoms with E-state index in [0.717, 1.165) is 12.0 Å². The number of nitrogens with zero attached hydrogens (tertiary/aromatic N) is 2. The molecule has 0 amide bonds. The lowest BCUT2D eigenvalue weighted by Gasteiger charge is -2.04. The van der Waals surface area contributed by atoms with Crippen LogP contribution in [0.2, 0.25) is 5.02 Å². The monoisotopic (exact) mass is 314 g/mol. The molecule has 0 aliphatic rings. The second-order valence-electron chi connectivity index (χ2n) is 4.82. The summed E-state index contributed by atoms with van der Waals surface area (Å²) < 4.78 is 10.7. The quantitative estimate of drug-likeness (QED) is 0.704. The molecular weight excluding hydrogens is 300 g/mol. The summed E-state index contributed by atoms with van der Waals surface area (Å²) in [5.41, 5.74) is 2.85. The predicted octanol–water partition coefficient (Wildman–Crippen LogP) is 4.63. The van der Waals surface area contributed by atoms with Crippen molar-refractivity contribution in [2.24, 2.45) is 0 Å². The van der Waals surface area contributed by atoms with Crippen LogP contribution in [0.5, 0.6) is 5.75 Å². The number of benzene rings is 2. The summed E-state index contributed by atoms with van der Waals surface area (Å²) in [7, 11) is 1.59. The standard InChI is InChI=1S/C17H15ClN2O2/c1-3-11-4-6-12(7-5-11)17-19-16(20-22-17)14-10-13(18)8-9-15(14)21-2/h4-10H,3H2,1-2H3. The van der Waals surface area contributed by atoms with Crippen molar-refractivity contribution < 1.29 is 9.26 Å². The maximum Gasteiger partial charge on any atom is 0.258 e. The fourth-order valence-corrected chi connectivity index (χ4v) is 2.36. The molecule has 0 atom stereocenters. The highest BCUT2D eigenvalue weighted by molar-refractivity contribution is 6.30. The van der Waals surface area contributed by atoms with Gasteiger partial charge in [0.15, 0.2) is 0 Å². The van der Waals surface area contributed by atoms with Crippen molar-refractivity contribution >= 4 is 11.6 Å². The van der Waals surface area contributed by atoms with Gasteiger partial charge >= 0.3 is 0 Å². The van der Waals surface area contributed by atoms with E-state index in [1.165, 1.54) is 5.56 Å². The van der Waals surface area contributed by atoms with E-state index in [1.54, 1.807) is 25.3 Å². The van der Waals surface area contributed by atoms with E-state index in [1.807, 2.05) is 12.1 Å². The lowest BCUT2D eigenvalue weighted by atomic mass is 10.1. The van der Waals surface area contributed by atoms with Gasteiger partial charge in [0.2, 0.25) is 5.82 Å². The number of hydrogen-bond donors (Lipinski definition) is 0. The number of methoxy groups -OCH3 is 1. The van der Waals surface area contributed by atoms with Crippen molar-refractivity contribution in [1.29, 1.82) is 0 Å². The Morgan fingerprint density at radius 3 is 2.59 bits per heavy atom. The van der Waals surface area contributed by atoms with E-state index in [-0.39, 0.29) is 0 Å². The van der Waals surface area contributed by atoms with Crippen LogP contribution in [0, 0.1) is 0 Å². The van der Waals surface area contributed by atoms with Gasteiger partial charge in [0.25, 0.3) is 5.89 Å². The number of aromatic nitrogens is 2. The first-order valence-electron chi connectivity index (χ1n) is 6.98. The molecule has 0 unspecified atom stereocenters. The van der Waals surface area contributed by atoms with Crippen molar-refractivity contribution in [1.82, 2.24) is 10.1 Å². The summed E-state index contributed by atoms with van der Waals surface area (Å²) in [6, 6.07) is 13.4. The Morgan fingerprint density at radius 2 is 1.91 bits per heavy atom. The SMILES string of the molecule is CCc1ccc(-c2nc(-c3cc(Cl)ccc3OC)no2)cc1. The summed E-state index contributed by atoms with van der Waals surface area (Å²) >= 11 is 6.04. The molecule has 0 bridgehead atoms. The topological polar surface area (TPSA) is 48.2 Å². The molecule has 4 nitrogen and oxygen atoms in total. The smallest absolute Gasteiger partial charge is 0.258 e. The van der Waals surface area contributed by atoms with Gasteiger partial charge < -0.3 is 9.26 Å². The van der Waals surface area contributed by atoms with Crippen LogP contribution in [-0.2, 0) is 6.42 Å². The second kappa shape index (κ2) is 6.20. The van der Waals surface area contributed by atoms with Crippen molar-refractivity contribution in [2.45, 2.75) is 13.3 Å². The Bertz CT molecular complexity index is 782. The third-order valence-electron chi connectivity index (χ3n) is 3.44. The minimum atomic E-state index is 0.453. The number of rotatable bonds is 4. The summed E-state index contributed by atoms with van der Waals surface area (Å²) in [5, 5.41) is 4.62. The Hall–Kier alpha value is -2.33. The zero-order valence-corrected chi connectivity index (χ0v) is 13.1. The molecule has 22 heavy (non-hydrogen) atoms. The van der Waals surface area contributed by atoms with Gasteiger partial charge in [0, 0.05) is 10.6 Å².